The number of hydrogen-bond acceptors (Lipinski definition) is 5. The van der Waals surface area contributed by atoms with Gasteiger partial charge in [0.1, 0.15) is 11.1 Å². The van der Waals surface area contributed by atoms with Gasteiger partial charge in [-0.05, 0) is 24.7 Å². The number of nitrogens with zero attached hydrogens (tertiary/aromatic N) is 1. The molecule has 0 aliphatic heterocycles. The molecule has 0 fully saturated rings. The second kappa shape index (κ2) is 8.46. The molecule has 6 heteroatoms. The average molecular weight is 313 g/mol. The molecule has 0 bridgehead atoms. The van der Waals surface area contributed by atoms with Gasteiger partial charge in [0, 0.05) is 11.6 Å². The highest BCUT2D eigenvalue weighted by molar-refractivity contribution is 7.09. The lowest BCUT2D eigenvalue weighted by Gasteiger charge is -2.26. The fourth-order valence-corrected chi connectivity index (χ4v) is 2.92. The van der Waals surface area contributed by atoms with Crippen molar-refractivity contribution in [2.75, 3.05) is 0 Å². The van der Waals surface area contributed by atoms with Crippen LogP contribution in [0, 0.1) is 11.8 Å². The van der Waals surface area contributed by atoms with Crippen molar-refractivity contribution in [3.05, 3.63) is 16.6 Å². The fourth-order valence-electron chi connectivity index (χ4n) is 2.23. The molecule has 0 radical (unpaired) electrons. The Labute approximate surface area is 131 Å². The maximum Gasteiger partial charge on any atom is 0.237 e. The summed E-state index contributed by atoms with van der Waals surface area (Å²) in [6.45, 7) is 8.18. The van der Waals surface area contributed by atoms with Crippen LogP contribution in [0.5, 0.6) is 0 Å². The van der Waals surface area contributed by atoms with E-state index in [4.69, 9.17) is 5.73 Å². The first kappa shape index (κ1) is 18.1. The molecule has 120 valence electrons. The molecule has 0 aliphatic rings. The molecule has 4 N–H and O–H groups in total. The van der Waals surface area contributed by atoms with E-state index in [1.807, 2.05) is 19.2 Å². The molecule has 1 aromatic heterocycles. The van der Waals surface area contributed by atoms with Crippen molar-refractivity contribution in [2.24, 2.45) is 17.6 Å². The summed E-state index contributed by atoms with van der Waals surface area (Å²) in [6.07, 6.45) is 2.18. The van der Waals surface area contributed by atoms with Crippen LogP contribution in [0.4, 0.5) is 0 Å². The van der Waals surface area contributed by atoms with Gasteiger partial charge >= 0.3 is 0 Å². The first-order valence-corrected chi connectivity index (χ1v) is 8.32. The molecule has 0 aliphatic carbocycles. The van der Waals surface area contributed by atoms with Crippen LogP contribution in [0.3, 0.4) is 0 Å². The molecule has 1 rings (SSSR count). The SMILES string of the molecule is CC(C)C[C@H](NC(=O)[C@@H](N)CC(C)C)[C@@H](O)c1nccs1. The van der Waals surface area contributed by atoms with Gasteiger partial charge in [-0.3, -0.25) is 4.79 Å². The largest absolute Gasteiger partial charge is 0.384 e. The van der Waals surface area contributed by atoms with E-state index >= 15 is 0 Å². The number of carbonyl (C=O) groups is 1. The van der Waals surface area contributed by atoms with Crippen molar-refractivity contribution in [1.82, 2.24) is 10.3 Å². The zero-order chi connectivity index (χ0) is 16.0. The Bertz CT molecular complexity index is 421. The van der Waals surface area contributed by atoms with Gasteiger partial charge in [0.2, 0.25) is 5.91 Å². The number of thiazole rings is 1. The molecule has 3 atom stereocenters. The van der Waals surface area contributed by atoms with Gasteiger partial charge in [0.05, 0.1) is 12.1 Å². The molecule has 1 aromatic rings. The lowest BCUT2D eigenvalue weighted by atomic mass is 9.98. The highest BCUT2D eigenvalue weighted by atomic mass is 32.1. The van der Waals surface area contributed by atoms with E-state index < -0.39 is 12.1 Å². The van der Waals surface area contributed by atoms with Crippen LogP contribution in [0.15, 0.2) is 11.6 Å². The quantitative estimate of drug-likeness (QED) is 0.685. The Balaban J connectivity index is 2.72. The van der Waals surface area contributed by atoms with E-state index in [-0.39, 0.29) is 11.9 Å². The van der Waals surface area contributed by atoms with Crippen LogP contribution in [-0.4, -0.2) is 28.1 Å². The monoisotopic (exact) mass is 313 g/mol. The minimum atomic E-state index is -0.789. The molecule has 0 aromatic carbocycles. The number of aliphatic hydroxyl groups excluding tert-OH is 1. The minimum Gasteiger partial charge on any atom is -0.384 e. The number of hydrogen-bond donors (Lipinski definition) is 3. The Hall–Kier alpha value is -0.980. The topological polar surface area (TPSA) is 88.2 Å². The molecular formula is C15H27N3O2S. The number of amides is 1. The highest BCUT2D eigenvalue weighted by Crippen LogP contribution is 2.23. The second-order valence-electron chi connectivity index (χ2n) is 6.30. The number of nitrogens with two attached hydrogens (primary N) is 1. The van der Waals surface area contributed by atoms with Gasteiger partial charge in [-0.2, -0.15) is 0 Å². The van der Waals surface area contributed by atoms with Gasteiger partial charge in [-0.15, -0.1) is 11.3 Å². The fraction of sp³-hybridized carbons (Fsp3) is 0.733. The van der Waals surface area contributed by atoms with Gasteiger partial charge in [-0.1, -0.05) is 27.7 Å². The van der Waals surface area contributed by atoms with E-state index in [1.165, 1.54) is 11.3 Å². The van der Waals surface area contributed by atoms with Gasteiger partial charge in [0.15, 0.2) is 0 Å². The van der Waals surface area contributed by atoms with E-state index in [0.29, 0.717) is 29.7 Å². The second-order valence-corrected chi connectivity index (χ2v) is 7.22. The summed E-state index contributed by atoms with van der Waals surface area (Å²) in [6, 6.07) is -0.898. The zero-order valence-electron chi connectivity index (χ0n) is 13.2. The Morgan fingerprint density at radius 2 is 1.95 bits per heavy atom. The minimum absolute atomic E-state index is 0.204. The summed E-state index contributed by atoms with van der Waals surface area (Å²) in [4.78, 5) is 16.3. The maximum absolute atomic E-state index is 12.2. The first-order chi connectivity index (χ1) is 9.81. The lowest BCUT2D eigenvalue weighted by molar-refractivity contribution is -0.124. The standard InChI is InChI=1S/C15H27N3O2S/c1-9(2)7-11(16)14(20)18-12(8-10(3)4)13(19)15-17-5-6-21-15/h5-6,9-13,19H,7-8,16H2,1-4H3,(H,18,20)/t11-,12-,13+/m0/s1. The van der Waals surface area contributed by atoms with Crippen molar-refractivity contribution >= 4 is 17.2 Å². The Kier molecular flexibility index (Phi) is 7.28. The normalized spacial score (nSPS) is 16.0. The summed E-state index contributed by atoms with van der Waals surface area (Å²) in [7, 11) is 0. The molecule has 0 unspecified atom stereocenters. The van der Waals surface area contributed by atoms with Crippen molar-refractivity contribution < 1.29 is 9.90 Å². The number of rotatable bonds is 8. The zero-order valence-corrected chi connectivity index (χ0v) is 14.1. The highest BCUT2D eigenvalue weighted by Gasteiger charge is 2.27. The smallest absolute Gasteiger partial charge is 0.237 e. The van der Waals surface area contributed by atoms with E-state index in [0.717, 1.165) is 0 Å². The van der Waals surface area contributed by atoms with Gasteiger partial charge < -0.3 is 16.2 Å². The average Bonchev–Trinajstić information content (AvgIpc) is 2.89. The number of aromatic nitrogens is 1. The van der Waals surface area contributed by atoms with Crippen LogP contribution >= 0.6 is 11.3 Å². The van der Waals surface area contributed by atoms with Crippen LogP contribution < -0.4 is 11.1 Å². The third-order valence-electron chi connectivity index (χ3n) is 3.20. The summed E-state index contributed by atoms with van der Waals surface area (Å²) >= 11 is 1.39. The third kappa shape index (κ3) is 6.11. The molecule has 0 saturated heterocycles. The molecule has 1 heterocycles. The molecule has 0 saturated carbocycles. The molecule has 5 nitrogen and oxygen atoms in total. The number of carbonyl (C=O) groups excluding carboxylic acids is 1. The lowest BCUT2D eigenvalue weighted by Crippen LogP contribution is -2.48. The summed E-state index contributed by atoms with van der Waals surface area (Å²) < 4.78 is 0. The molecule has 0 spiro atoms. The Morgan fingerprint density at radius 1 is 1.33 bits per heavy atom. The predicted octanol–water partition coefficient (Wildman–Crippen LogP) is 2.08. The van der Waals surface area contributed by atoms with E-state index in [9.17, 15) is 9.90 Å². The third-order valence-corrected chi connectivity index (χ3v) is 4.05. The van der Waals surface area contributed by atoms with Gasteiger partial charge in [0.25, 0.3) is 0 Å². The molecular weight excluding hydrogens is 286 g/mol. The van der Waals surface area contributed by atoms with Crippen LogP contribution in [-0.2, 0) is 4.79 Å². The van der Waals surface area contributed by atoms with Crippen LogP contribution in [0.25, 0.3) is 0 Å². The van der Waals surface area contributed by atoms with Gasteiger partial charge in [-0.25, -0.2) is 4.98 Å². The predicted molar refractivity (Wildman–Crippen MR) is 85.9 cm³/mol. The van der Waals surface area contributed by atoms with E-state index in [2.05, 4.69) is 24.1 Å². The summed E-state index contributed by atoms with van der Waals surface area (Å²) in [5.74, 6) is 0.509. The van der Waals surface area contributed by atoms with Crippen molar-refractivity contribution in [1.29, 1.82) is 0 Å². The van der Waals surface area contributed by atoms with Crippen molar-refractivity contribution in [2.45, 2.75) is 58.7 Å². The van der Waals surface area contributed by atoms with E-state index in [1.54, 1.807) is 6.20 Å². The molecule has 21 heavy (non-hydrogen) atoms. The van der Waals surface area contributed by atoms with Crippen LogP contribution in [0.2, 0.25) is 0 Å². The number of aliphatic hydroxyl groups is 1. The summed E-state index contributed by atoms with van der Waals surface area (Å²) in [5, 5.41) is 15.8. The first-order valence-electron chi connectivity index (χ1n) is 7.44. The van der Waals surface area contributed by atoms with Crippen molar-refractivity contribution in [3.63, 3.8) is 0 Å². The van der Waals surface area contributed by atoms with Crippen LogP contribution in [0.1, 0.15) is 51.6 Å². The van der Waals surface area contributed by atoms with Crippen molar-refractivity contribution in [3.8, 4) is 0 Å². The number of nitrogens with one attached hydrogen (secondary N) is 1. The summed E-state index contributed by atoms with van der Waals surface area (Å²) in [5.41, 5.74) is 5.91. The Morgan fingerprint density at radius 3 is 2.43 bits per heavy atom. The maximum atomic E-state index is 12.2. The molecule has 1 amide bonds.